The van der Waals surface area contributed by atoms with Crippen molar-refractivity contribution < 1.29 is 0 Å². The van der Waals surface area contributed by atoms with Crippen LogP contribution in [0.15, 0.2) is 27.9 Å². The topological polar surface area (TPSA) is 12.4 Å². The monoisotopic (exact) mass is 253 g/mol. The van der Waals surface area contributed by atoms with Gasteiger partial charge in [-0.1, -0.05) is 47.6 Å². The van der Waals surface area contributed by atoms with Gasteiger partial charge in [0.15, 0.2) is 0 Å². The van der Waals surface area contributed by atoms with Gasteiger partial charge in [-0.3, -0.25) is 4.99 Å². The van der Waals surface area contributed by atoms with Crippen molar-refractivity contribution in [3.05, 3.63) is 22.9 Å². The molecule has 1 aliphatic carbocycles. The highest BCUT2D eigenvalue weighted by Gasteiger charge is 2.12. The normalized spacial score (nSPS) is 18.1. The zero-order valence-electron chi connectivity index (χ0n) is 14.1. The molecule has 0 N–H and O–H groups in total. The third-order valence-corrected chi connectivity index (χ3v) is 2.53. The van der Waals surface area contributed by atoms with Gasteiger partial charge in [0.1, 0.15) is 0 Å². The number of hydrogen-bond donors (Lipinski definition) is 0. The van der Waals surface area contributed by atoms with E-state index in [1.54, 1.807) is 0 Å². The molecule has 0 radical (unpaired) electrons. The van der Waals surface area contributed by atoms with Crippen LogP contribution in [0.5, 0.6) is 0 Å². The van der Waals surface area contributed by atoms with Crippen molar-refractivity contribution in [1.29, 1.82) is 0 Å². The molecular weight excluding hydrogens is 218 g/mol. The van der Waals surface area contributed by atoms with E-state index in [0.717, 1.165) is 5.70 Å². The standard InChI is InChI=1S/C11H17N.3C2H6/c1-4-10-7-5-6-8-11(10)9(2)12-3;3*1-2/h4H,3,5-8H2,1-2H3;3*1-2H3/b10-4-,11-9-;;;. The maximum atomic E-state index is 4.00. The van der Waals surface area contributed by atoms with Crippen LogP contribution in [0.1, 0.15) is 81.1 Å². The highest BCUT2D eigenvalue weighted by molar-refractivity contribution is 5.39. The second-order valence-electron chi connectivity index (χ2n) is 3.24. The first-order valence-electron chi connectivity index (χ1n) is 7.61. The molecule has 0 bridgehead atoms. The summed E-state index contributed by atoms with van der Waals surface area (Å²) in [6.07, 6.45) is 7.25. The molecule has 18 heavy (non-hydrogen) atoms. The molecule has 1 nitrogen and oxygen atoms in total. The Morgan fingerprint density at radius 3 is 1.83 bits per heavy atom. The number of allylic oxidation sites excluding steroid dienone is 4. The minimum atomic E-state index is 1.11. The van der Waals surface area contributed by atoms with Gasteiger partial charge >= 0.3 is 0 Å². The van der Waals surface area contributed by atoms with Gasteiger partial charge < -0.3 is 0 Å². The predicted molar refractivity (Wildman–Crippen MR) is 88.5 cm³/mol. The maximum absolute atomic E-state index is 4.00. The van der Waals surface area contributed by atoms with E-state index in [0.29, 0.717) is 0 Å². The molecule has 1 rings (SSSR count). The Kier molecular flexibility index (Phi) is 23.0. The number of nitrogens with zero attached hydrogens (tertiary/aromatic N) is 1. The highest BCUT2D eigenvalue weighted by atomic mass is 14.7. The lowest BCUT2D eigenvalue weighted by atomic mass is 9.88. The van der Waals surface area contributed by atoms with Crippen molar-refractivity contribution in [3.63, 3.8) is 0 Å². The van der Waals surface area contributed by atoms with Crippen molar-refractivity contribution >= 4 is 6.72 Å². The quantitative estimate of drug-likeness (QED) is 0.469. The van der Waals surface area contributed by atoms with Gasteiger partial charge in [0, 0.05) is 5.70 Å². The second kappa shape index (κ2) is 18.5. The van der Waals surface area contributed by atoms with Gasteiger partial charge in [-0.15, -0.1) is 0 Å². The predicted octanol–water partition coefficient (Wildman–Crippen LogP) is 6.56. The van der Waals surface area contributed by atoms with E-state index < -0.39 is 0 Å². The third-order valence-electron chi connectivity index (χ3n) is 2.53. The molecule has 0 atom stereocenters. The first kappa shape index (κ1) is 22.3. The molecule has 0 aromatic rings. The smallest absolute Gasteiger partial charge is 0.0399 e. The van der Waals surface area contributed by atoms with Crippen molar-refractivity contribution in [2.45, 2.75) is 81.1 Å². The Morgan fingerprint density at radius 1 is 1.00 bits per heavy atom. The molecule has 0 aliphatic heterocycles. The van der Waals surface area contributed by atoms with Crippen LogP contribution in [-0.4, -0.2) is 6.72 Å². The largest absolute Gasteiger partial charge is 0.269 e. The fourth-order valence-corrected chi connectivity index (χ4v) is 1.76. The average molecular weight is 253 g/mol. The Balaban J connectivity index is -0.000000328. The van der Waals surface area contributed by atoms with Crippen LogP contribution in [0.4, 0.5) is 0 Å². The molecule has 0 heterocycles. The molecule has 108 valence electrons. The van der Waals surface area contributed by atoms with Crippen molar-refractivity contribution in [2.75, 3.05) is 0 Å². The SMILES string of the molecule is C=N/C(C)=C1/CCCC/C1=C/C.CC.CC.CC. The molecule has 0 amide bonds. The summed E-state index contributed by atoms with van der Waals surface area (Å²) in [6, 6.07) is 0. The van der Waals surface area contributed by atoms with Crippen LogP contribution in [0.2, 0.25) is 0 Å². The van der Waals surface area contributed by atoms with Gasteiger partial charge in [0.2, 0.25) is 0 Å². The number of aliphatic imine (C=N–C) groups is 1. The fraction of sp³-hybridized carbons (Fsp3) is 0.706. The van der Waals surface area contributed by atoms with Crippen molar-refractivity contribution in [3.8, 4) is 0 Å². The Morgan fingerprint density at radius 2 is 1.44 bits per heavy atom. The lowest BCUT2D eigenvalue weighted by Crippen LogP contribution is -2.00. The lowest BCUT2D eigenvalue weighted by Gasteiger charge is -2.18. The molecular formula is C17H35N. The van der Waals surface area contributed by atoms with Gasteiger partial charge in [0.05, 0.1) is 0 Å². The van der Waals surface area contributed by atoms with Crippen LogP contribution < -0.4 is 0 Å². The van der Waals surface area contributed by atoms with E-state index in [1.807, 2.05) is 41.5 Å². The zero-order valence-corrected chi connectivity index (χ0v) is 14.1. The van der Waals surface area contributed by atoms with Crippen LogP contribution in [0, 0.1) is 0 Å². The Labute approximate surface area is 116 Å². The first-order chi connectivity index (χ1) is 8.79. The Bertz CT molecular complexity index is 234. The molecule has 0 aromatic heterocycles. The summed E-state index contributed by atoms with van der Waals surface area (Å²) in [5, 5.41) is 0. The first-order valence-corrected chi connectivity index (χ1v) is 7.61. The molecule has 0 saturated heterocycles. The van der Waals surface area contributed by atoms with E-state index in [-0.39, 0.29) is 0 Å². The molecule has 0 unspecified atom stereocenters. The number of hydrogen-bond acceptors (Lipinski definition) is 1. The fourth-order valence-electron chi connectivity index (χ4n) is 1.76. The molecule has 0 spiro atoms. The van der Waals surface area contributed by atoms with E-state index in [4.69, 9.17) is 0 Å². The van der Waals surface area contributed by atoms with Gasteiger partial charge in [-0.2, -0.15) is 0 Å². The van der Waals surface area contributed by atoms with Gasteiger partial charge in [-0.05, 0) is 57.4 Å². The summed E-state index contributed by atoms with van der Waals surface area (Å²) in [4.78, 5) is 4.00. The van der Waals surface area contributed by atoms with Gasteiger partial charge in [0.25, 0.3) is 0 Å². The van der Waals surface area contributed by atoms with Gasteiger partial charge in [-0.25, -0.2) is 0 Å². The van der Waals surface area contributed by atoms with Crippen LogP contribution in [-0.2, 0) is 0 Å². The molecule has 1 fully saturated rings. The van der Waals surface area contributed by atoms with E-state index >= 15 is 0 Å². The lowest BCUT2D eigenvalue weighted by molar-refractivity contribution is 0.672. The van der Waals surface area contributed by atoms with Crippen LogP contribution in [0.25, 0.3) is 0 Å². The maximum Gasteiger partial charge on any atom is 0.0399 e. The summed E-state index contributed by atoms with van der Waals surface area (Å²) in [6.45, 7) is 19.7. The summed E-state index contributed by atoms with van der Waals surface area (Å²) in [7, 11) is 0. The van der Waals surface area contributed by atoms with E-state index in [9.17, 15) is 0 Å². The van der Waals surface area contributed by atoms with Crippen molar-refractivity contribution in [2.24, 2.45) is 4.99 Å². The van der Waals surface area contributed by atoms with E-state index in [1.165, 1.54) is 36.8 Å². The number of rotatable bonds is 1. The average Bonchev–Trinajstić information content (AvgIpc) is 2.52. The molecule has 1 heteroatoms. The Hall–Kier alpha value is -0.850. The summed E-state index contributed by atoms with van der Waals surface area (Å²) < 4.78 is 0. The molecule has 1 saturated carbocycles. The van der Waals surface area contributed by atoms with Crippen LogP contribution >= 0.6 is 0 Å². The zero-order chi connectivity index (χ0) is 15.0. The second-order valence-corrected chi connectivity index (χ2v) is 3.24. The minimum Gasteiger partial charge on any atom is -0.269 e. The summed E-state index contributed by atoms with van der Waals surface area (Å²) >= 11 is 0. The third kappa shape index (κ3) is 9.21. The molecule has 1 aliphatic rings. The summed E-state index contributed by atoms with van der Waals surface area (Å²) in [5.74, 6) is 0. The summed E-state index contributed by atoms with van der Waals surface area (Å²) in [5.41, 5.74) is 4.02. The van der Waals surface area contributed by atoms with Crippen molar-refractivity contribution in [1.82, 2.24) is 0 Å². The molecule has 0 aromatic carbocycles. The van der Waals surface area contributed by atoms with Crippen LogP contribution in [0.3, 0.4) is 0 Å². The van der Waals surface area contributed by atoms with E-state index in [2.05, 4.69) is 31.6 Å². The minimum absolute atomic E-state index is 1.11. The highest BCUT2D eigenvalue weighted by Crippen LogP contribution is 2.30.